The van der Waals surface area contributed by atoms with Crippen LogP contribution in [0.15, 0.2) is 72.5 Å². The van der Waals surface area contributed by atoms with Crippen molar-refractivity contribution in [1.82, 2.24) is 4.98 Å². The quantitative estimate of drug-likeness (QED) is 0.269. The number of aryl methyl sites for hydroxylation is 2. The van der Waals surface area contributed by atoms with E-state index in [2.05, 4.69) is 61.8 Å². The molecule has 0 fully saturated rings. The molecular weight excluding hydrogens is 332 g/mol. The van der Waals surface area contributed by atoms with Gasteiger partial charge in [0.1, 0.15) is 0 Å². The van der Waals surface area contributed by atoms with E-state index in [1.165, 1.54) is 11.1 Å². The van der Waals surface area contributed by atoms with Gasteiger partial charge in [0.15, 0.2) is 5.78 Å². The molecule has 0 bridgehead atoms. The Morgan fingerprint density at radius 3 is 2.48 bits per heavy atom. The normalized spacial score (nSPS) is 10.8. The van der Waals surface area contributed by atoms with Gasteiger partial charge < -0.3 is 0 Å². The third kappa shape index (κ3) is 4.98. The van der Waals surface area contributed by atoms with Gasteiger partial charge in [-0.1, -0.05) is 44.9 Å². The Kier molecular flexibility index (Phi) is 6.78. The summed E-state index contributed by atoms with van der Waals surface area (Å²) in [6.45, 7) is 17.8. The number of carbonyl (C=O) groups is 1. The summed E-state index contributed by atoms with van der Waals surface area (Å²) in [4.78, 5) is 21.1. The summed E-state index contributed by atoms with van der Waals surface area (Å²) in [7, 11) is 0. The Bertz CT molecular complexity index is 918. The maximum Gasteiger partial charge on any atom is 0.190 e. The molecule has 1 aromatic carbocycles. The lowest BCUT2D eigenvalue weighted by molar-refractivity contribution is 0.103. The molecule has 0 aliphatic carbocycles. The van der Waals surface area contributed by atoms with E-state index in [4.69, 9.17) is 0 Å². The van der Waals surface area contributed by atoms with E-state index in [0.717, 1.165) is 12.0 Å². The van der Waals surface area contributed by atoms with Gasteiger partial charge in [-0.3, -0.25) is 14.8 Å². The van der Waals surface area contributed by atoms with Crippen molar-refractivity contribution < 1.29 is 4.79 Å². The second kappa shape index (κ2) is 9.04. The fraction of sp³-hybridized carbons (Fsp3) is 0.208. The Morgan fingerprint density at radius 2 is 1.93 bits per heavy atom. The lowest BCUT2D eigenvalue weighted by atomic mass is 9.96. The van der Waals surface area contributed by atoms with Gasteiger partial charge in [-0.2, -0.15) is 0 Å². The molecular formula is C24H26N2O. The number of rotatable bonds is 8. The summed E-state index contributed by atoms with van der Waals surface area (Å²) >= 11 is 0. The number of pyridine rings is 1. The number of aromatic nitrogens is 1. The smallest absolute Gasteiger partial charge is 0.190 e. The minimum atomic E-state index is -0.0951. The van der Waals surface area contributed by atoms with Gasteiger partial charge in [-0.25, -0.2) is 0 Å². The highest BCUT2D eigenvalue weighted by molar-refractivity contribution is 6.08. The zero-order valence-corrected chi connectivity index (χ0v) is 16.4. The molecule has 2 aromatic rings. The molecule has 27 heavy (non-hydrogen) atoms. The number of carbonyl (C=O) groups excluding carboxylic acids is 1. The monoisotopic (exact) mass is 358 g/mol. The van der Waals surface area contributed by atoms with Gasteiger partial charge in [0, 0.05) is 30.0 Å². The van der Waals surface area contributed by atoms with Gasteiger partial charge >= 0.3 is 0 Å². The maximum atomic E-state index is 12.7. The van der Waals surface area contributed by atoms with Crippen molar-refractivity contribution in [2.24, 2.45) is 4.99 Å². The summed E-state index contributed by atoms with van der Waals surface area (Å²) in [6.07, 6.45) is 4.75. The Morgan fingerprint density at radius 1 is 1.19 bits per heavy atom. The molecule has 3 nitrogen and oxygen atoms in total. The van der Waals surface area contributed by atoms with Crippen LogP contribution in [-0.2, 0) is 12.8 Å². The van der Waals surface area contributed by atoms with Gasteiger partial charge in [0.2, 0.25) is 0 Å². The van der Waals surface area contributed by atoms with Gasteiger partial charge in [-0.05, 0) is 54.7 Å². The van der Waals surface area contributed by atoms with Crippen LogP contribution in [-0.4, -0.2) is 17.0 Å². The first-order chi connectivity index (χ1) is 12.9. The average Bonchev–Trinajstić information content (AvgIpc) is 2.67. The number of hydrogen-bond donors (Lipinski definition) is 0. The van der Waals surface area contributed by atoms with E-state index in [1.807, 2.05) is 6.92 Å². The molecule has 0 saturated carbocycles. The molecule has 0 unspecified atom stereocenters. The van der Waals surface area contributed by atoms with Crippen LogP contribution in [0.3, 0.4) is 0 Å². The number of allylic oxidation sites excluding steroid dienone is 2. The molecule has 0 spiro atoms. The zero-order chi connectivity index (χ0) is 20.0. The minimum Gasteiger partial charge on any atom is -0.289 e. The van der Waals surface area contributed by atoms with Crippen molar-refractivity contribution in [3.05, 3.63) is 95.5 Å². The summed E-state index contributed by atoms with van der Waals surface area (Å²) in [6, 6.07) is 9.82. The highest BCUT2D eigenvalue weighted by Gasteiger charge is 2.13. The Labute approximate surface area is 161 Å². The molecule has 0 aliphatic rings. The fourth-order valence-electron chi connectivity index (χ4n) is 2.88. The van der Waals surface area contributed by atoms with Gasteiger partial charge in [0.05, 0.1) is 11.4 Å². The van der Waals surface area contributed by atoms with E-state index in [-0.39, 0.29) is 5.78 Å². The highest BCUT2D eigenvalue weighted by atomic mass is 16.1. The van der Waals surface area contributed by atoms with Crippen molar-refractivity contribution in [2.75, 3.05) is 0 Å². The van der Waals surface area contributed by atoms with E-state index < -0.39 is 0 Å². The van der Waals surface area contributed by atoms with Crippen molar-refractivity contribution in [2.45, 2.75) is 33.6 Å². The SMILES string of the molecule is C=C(Cc1ccc(CC)c(C)c1)C(=O)c1ccc(C(=C)C(=C)N=CC)nc1. The minimum absolute atomic E-state index is 0.0951. The molecule has 138 valence electrons. The topological polar surface area (TPSA) is 42.3 Å². The summed E-state index contributed by atoms with van der Waals surface area (Å²) in [5.74, 6) is -0.0951. The molecule has 0 atom stereocenters. The molecule has 2 rings (SSSR count). The standard InChI is InChI=1S/C24H26N2O/c1-7-21-10-9-20(13-16(21)3)14-17(4)24(27)22-11-12-23(26-15-22)18(5)19(6)25-8-2/h8-13,15H,4-7,14H2,1-3H3. The van der Waals surface area contributed by atoms with Crippen LogP contribution >= 0.6 is 0 Å². The lowest BCUT2D eigenvalue weighted by Crippen LogP contribution is -2.06. The van der Waals surface area contributed by atoms with Crippen LogP contribution in [0.25, 0.3) is 5.57 Å². The molecule has 0 amide bonds. The molecule has 0 N–H and O–H groups in total. The first-order valence-corrected chi connectivity index (χ1v) is 9.01. The van der Waals surface area contributed by atoms with E-state index in [9.17, 15) is 4.79 Å². The third-order valence-electron chi connectivity index (χ3n) is 4.49. The summed E-state index contributed by atoms with van der Waals surface area (Å²) in [5, 5.41) is 0. The lowest BCUT2D eigenvalue weighted by Gasteiger charge is -2.09. The van der Waals surface area contributed by atoms with Gasteiger partial charge in [0.25, 0.3) is 0 Å². The molecule has 0 aliphatic heterocycles. The van der Waals surface area contributed by atoms with Crippen LogP contribution < -0.4 is 0 Å². The van der Waals surface area contributed by atoms with E-state index >= 15 is 0 Å². The largest absolute Gasteiger partial charge is 0.289 e. The van der Waals surface area contributed by atoms with E-state index in [0.29, 0.717) is 34.5 Å². The zero-order valence-electron chi connectivity index (χ0n) is 16.4. The van der Waals surface area contributed by atoms with Crippen molar-refractivity contribution in [3.8, 4) is 0 Å². The van der Waals surface area contributed by atoms with Crippen LogP contribution in [0.4, 0.5) is 0 Å². The molecule has 3 heteroatoms. The first-order valence-electron chi connectivity index (χ1n) is 9.01. The second-order valence-corrected chi connectivity index (χ2v) is 6.47. The Hall–Kier alpha value is -3.07. The number of Topliss-reactive ketones (excluding diaryl/α,β-unsaturated/α-hetero) is 1. The highest BCUT2D eigenvalue weighted by Crippen LogP contribution is 2.20. The summed E-state index contributed by atoms with van der Waals surface area (Å²) < 4.78 is 0. The predicted molar refractivity (Wildman–Crippen MR) is 114 cm³/mol. The fourth-order valence-corrected chi connectivity index (χ4v) is 2.88. The molecule has 0 saturated heterocycles. The summed E-state index contributed by atoms with van der Waals surface area (Å²) in [5.41, 5.74) is 6.57. The number of aliphatic imine (C=N–C) groups is 1. The van der Waals surface area contributed by atoms with Crippen LogP contribution in [0.5, 0.6) is 0 Å². The number of benzene rings is 1. The van der Waals surface area contributed by atoms with Gasteiger partial charge in [-0.15, -0.1) is 0 Å². The molecule has 1 heterocycles. The third-order valence-corrected chi connectivity index (χ3v) is 4.49. The second-order valence-electron chi connectivity index (χ2n) is 6.47. The van der Waals surface area contributed by atoms with Crippen molar-refractivity contribution in [1.29, 1.82) is 0 Å². The molecule has 1 aromatic heterocycles. The Balaban J connectivity index is 2.10. The van der Waals surface area contributed by atoms with E-state index in [1.54, 1.807) is 24.5 Å². The average molecular weight is 358 g/mol. The van der Waals surface area contributed by atoms with Crippen molar-refractivity contribution in [3.63, 3.8) is 0 Å². The van der Waals surface area contributed by atoms with Crippen LogP contribution in [0.2, 0.25) is 0 Å². The van der Waals surface area contributed by atoms with Crippen LogP contribution in [0.1, 0.15) is 46.6 Å². The number of nitrogens with zero attached hydrogens (tertiary/aromatic N) is 2. The number of ketones is 1. The van der Waals surface area contributed by atoms with Crippen molar-refractivity contribution >= 4 is 17.6 Å². The predicted octanol–water partition coefficient (Wildman–Crippen LogP) is 5.55. The maximum absolute atomic E-state index is 12.7. The van der Waals surface area contributed by atoms with Crippen LogP contribution in [0, 0.1) is 6.92 Å². The molecule has 0 radical (unpaired) electrons. The number of hydrogen-bond acceptors (Lipinski definition) is 3. The first kappa shape index (κ1) is 20.2.